The molecule has 2 aromatic carbocycles. The van der Waals surface area contributed by atoms with Crippen molar-refractivity contribution in [3.05, 3.63) is 64.2 Å². The van der Waals surface area contributed by atoms with E-state index < -0.39 is 0 Å². The maximum Gasteiger partial charge on any atom is 0.256 e. The lowest BCUT2D eigenvalue weighted by Gasteiger charge is -2.32. The van der Waals surface area contributed by atoms with Gasteiger partial charge in [-0.25, -0.2) is 5.01 Å². The number of carbonyl (C=O) groups excluding carboxylic acids is 2. The van der Waals surface area contributed by atoms with Gasteiger partial charge in [-0.1, -0.05) is 49.7 Å². The summed E-state index contributed by atoms with van der Waals surface area (Å²) < 4.78 is 0. The molecule has 0 spiro atoms. The van der Waals surface area contributed by atoms with Crippen LogP contribution in [0.15, 0.2) is 42.5 Å². The second-order valence-corrected chi connectivity index (χ2v) is 9.62. The van der Waals surface area contributed by atoms with Crippen molar-refractivity contribution in [3.63, 3.8) is 0 Å². The van der Waals surface area contributed by atoms with Gasteiger partial charge in [0.1, 0.15) is 0 Å². The smallest absolute Gasteiger partial charge is 0.256 e. The molecule has 178 valence electrons. The minimum atomic E-state index is -0.0860. The summed E-state index contributed by atoms with van der Waals surface area (Å²) in [5.41, 5.74) is 4.24. The second kappa shape index (κ2) is 11.5. The summed E-state index contributed by atoms with van der Waals surface area (Å²) in [6, 6.07) is 13.8. The maximum atomic E-state index is 13.2. The molecule has 6 nitrogen and oxygen atoms in total. The number of carbonyl (C=O) groups is 2. The summed E-state index contributed by atoms with van der Waals surface area (Å²) in [7, 11) is 1.80. The molecule has 0 radical (unpaired) electrons. The van der Waals surface area contributed by atoms with Crippen LogP contribution in [0.25, 0.3) is 0 Å². The van der Waals surface area contributed by atoms with Gasteiger partial charge in [-0.05, 0) is 60.6 Å². The average Bonchev–Trinajstić information content (AvgIpc) is 3.20. The molecule has 0 fully saturated rings. The monoisotopic (exact) mass is 470 g/mol. The van der Waals surface area contributed by atoms with Crippen LogP contribution in [-0.4, -0.2) is 48.5 Å². The average molecular weight is 471 g/mol. The first kappa shape index (κ1) is 25.1. The van der Waals surface area contributed by atoms with Crippen molar-refractivity contribution in [2.75, 3.05) is 31.6 Å². The van der Waals surface area contributed by atoms with Crippen molar-refractivity contribution in [1.82, 2.24) is 15.3 Å². The normalized spacial score (nSPS) is 13.2. The number of aryl methyl sites for hydroxylation is 1. The number of hydrazine groups is 1. The highest BCUT2D eigenvalue weighted by atomic mass is 35.5. The van der Waals surface area contributed by atoms with Crippen molar-refractivity contribution in [2.45, 2.75) is 46.7 Å². The molecule has 2 amide bonds. The molecule has 0 unspecified atom stereocenters. The molecule has 0 aliphatic carbocycles. The zero-order valence-electron chi connectivity index (χ0n) is 20.1. The van der Waals surface area contributed by atoms with Gasteiger partial charge in [0.15, 0.2) is 0 Å². The Morgan fingerprint density at radius 2 is 1.76 bits per heavy atom. The third-order valence-corrected chi connectivity index (χ3v) is 6.28. The van der Waals surface area contributed by atoms with Crippen molar-refractivity contribution in [3.8, 4) is 0 Å². The van der Waals surface area contributed by atoms with Gasteiger partial charge >= 0.3 is 0 Å². The fraction of sp³-hybridized carbons (Fsp3) is 0.462. The number of rotatable bonds is 10. The molecule has 1 N–H and O–H groups in total. The molecule has 0 saturated carbocycles. The van der Waals surface area contributed by atoms with Crippen LogP contribution in [0.4, 0.5) is 5.69 Å². The number of hydrogen-bond donors (Lipinski definition) is 1. The van der Waals surface area contributed by atoms with Crippen LogP contribution in [0.1, 0.15) is 43.4 Å². The van der Waals surface area contributed by atoms with Gasteiger partial charge in [-0.3, -0.25) is 14.6 Å². The molecule has 0 atom stereocenters. The predicted molar refractivity (Wildman–Crippen MR) is 134 cm³/mol. The van der Waals surface area contributed by atoms with E-state index >= 15 is 0 Å². The van der Waals surface area contributed by atoms with Crippen molar-refractivity contribution in [1.29, 1.82) is 0 Å². The Hall–Kier alpha value is -2.57. The van der Waals surface area contributed by atoms with Crippen LogP contribution in [0.2, 0.25) is 5.02 Å². The number of amides is 2. The number of nitrogens with zero attached hydrogens (tertiary/aromatic N) is 3. The summed E-state index contributed by atoms with van der Waals surface area (Å²) in [6.45, 7) is 8.56. The zero-order valence-corrected chi connectivity index (χ0v) is 20.9. The van der Waals surface area contributed by atoms with E-state index in [0.717, 1.165) is 24.1 Å². The molecule has 7 heteroatoms. The first-order valence-corrected chi connectivity index (χ1v) is 12.0. The molecule has 33 heavy (non-hydrogen) atoms. The Morgan fingerprint density at radius 1 is 1.09 bits per heavy atom. The summed E-state index contributed by atoms with van der Waals surface area (Å²) in [6.07, 6.45) is 2.02. The second-order valence-electron chi connectivity index (χ2n) is 9.18. The van der Waals surface area contributed by atoms with E-state index in [2.05, 4.69) is 31.3 Å². The lowest BCUT2D eigenvalue weighted by atomic mass is 10.1. The quantitative estimate of drug-likeness (QED) is 0.523. The van der Waals surface area contributed by atoms with Crippen LogP contribution < -0.4 is 10.2 Å². The van der Waals surface area contributed by atoms with E-state index in [4.69, 9.17) is 11.6 Å². The SMILES string of the molecule is Cc1cc(Cl)ccc1N(CC(=O)NCCCC(C)C)CC(=O)N(C)N1Cc2ccccc2C1. The molecule has 0 bridgehead atoms. The first-order valence-electron chi connectivity index (χ1n) is 11.6. The van der Waals surface area contributed by atoms with E-state index in [1.807, 2.05) is 41.1 Å². The number of fused-ring (bicyclic) bond motifs is 1. The molecule has 2 aromatic rings. The largest absolute Gasteiger partial charge is 0.355 e. The van der Waals surface area contributed by atoms with Gasteiger partial charge in [0.2, 0.25) is 5.91 Å². The van der Waals surface area contributed by atoms with E-state index in [0.29, 0.717) is 30.6 Å². The lowest BCUT2D eigenvalue weighted by Crippen LogP contribution is -2.48. The zero-order chi connectivity index (χ0) is 24.0. The van der Waals surface area contributed by atoms with Crippen LogP contribution in [-0.2, 0) is 22.7 Å². The molecule has 0 aromatic heterocycles. The Balaban J connectivity index is 1.67. The first-order chi connectivity index (χ1) is 15.7. The Labute approximate surface area is 202 Å². The van der Waals surface area contributed by atoms with Crippen LogP contribution in [0, 0.1) is 12.8 Å². The fourth-order valence-electron chi connectivity index (χ4n) is 4.12. The molecule has 3 rings (SSSR count). The number of halogens is 1. The standard InChI is InChI=1S/C26H35ClN4O2/c1-19(2)8-7-13-28-25(32)17-30(24-12-11-23(27)14-20(24)3)18-26(33)29(4)31-15-21-9-5-6-10-22(21)16-31/h5-6,9-12,14,19H,7-8,13,15-18H2,1-4H3,(H,28,32). The summed E-state index contributed by atoms with van der Waals surface area (Å²) >= 11 is 6.14. The summed E-state index contributed by atoms with van der Waals surface area (Å²) in [5.74, 6) is 0.460. The van der Waals surface area contributed by atoms with Crippen LogP contribution in [0.3, 0.4) is 0 Å². The van der Waals surface area contributed by atoms with Crippen molar-refractivity contribution >= 4 is 29.1 Å². The van der Waals surface area contributed by atoms with Gasteiger partial charge in [0, 0.05) is 37.4 Å². The molecular formula is C26H35ClN4O2. The molecule has 1 aliphatic rings. The van der Waals surface area contributed by atoms with Gasteiger partial charge in [-0.15, -0.1) is 0 Å². The highest BCUT2D eigenvalue weighted by Gasteiger charge is 2.27. The Bertz CT molecular complexity index is 954. The third-order valence-electron chi connectivity index (χ3n) is 6.05. The van der Waals surface area contributed by atoms with Crippen LogP contribution >= 0.6 is 11.6 Å². The summed E-state index contributed by atoms with van der Waals surface area (Å²) in [5, 5.41) is 7.34. The molecular weight excluding hydrogens is 436 g/mol. The highest BCUT2D eigenvalue weighted by molar-refractivity contribution is 6.30. The maximum absolute atomic E-state index is 13.2. The number of likely N-dealkylation sites (N-methyl/N-ethyl adjacent to an activating group) is 1. The predicted octanol–water partition coefficient (Wildman–Crippen LogP) is 4.40. The Morgan fingerprint density at radius 3 is 2.36 bits per heavy atom. The molecule has 1 heterocycles. The molecule has 1 aliphatic heterocycles. The minimum Gasteiger partial charge on any atom is -0.355 e. The minimum absolute atomic E-state index is 0.0650. The van der Waals surface area contributed by atoms with Gasteiger partial charge in [0.25, 0.3) is 5.91 Å². The number of nitrogens with one attached hydrogen (secondary N) is 1. The van der Waals surface area contributed by atoms with Crippen molar-refractivity contribution < 1.29 is 9.59 Å². The van der Waals surface area contributed by atoms with Gasteiger partial charge < -0.3 is 10.2 Å². The van der Waals surface area contributed by atoms with E-state index in [1.165, 1.54) is 11.1 Å². The van der Waals surface area contributed by atoms with E-state index in [-0.39, 0.29) is 24.9 Å². The molecule has 0 saturated heterocycles. The van der Waals surface area contributed by atoms with E-state index in [9.17, 15) is 9.59 Å². The fourth-order valence-corrected chi connectivity index (χ4v) is 4.34. The lowest BCUT2D eigenvalue weighted by molar-refractivity contribution is -0.145. The van der Waals surface area contributed by atoms with Gasteiger partial charge in [0.05, 0.1) is 13.1 Å². The highest BCUT2D eigenvalue weighted by Crippen LogP contribution is 2.25. The van der Waals surface area contributed by atoms with Gasteiger partial charge in [-0.2, -0.15) is 0 Å². The topological polar surface area (TPSA) is 55.9 Å². The third kappa shape index (κ3) is 6.95. The number of hydrogen-bond acceptors (Lipinski definition) is 4. The summed E-state index contributed by atoms with van der Waals surface area (Å²) in [4.78, 5) is 27.8. The van der Waals surface area contributed by atoms with E-state index in [1.54, 1.807) is 18.1 Å². The van der Waals surface area contributed by atoms with Crippen LogP contribution in [0.5, 0.6) is 0 Å². The Kier molecular flexibility index (Phi) is 8.75. The number of anilines is 1. The van der Waals surface area contributed by atoms with Crippen molar-refractivity contribution in [2.24, 2.45) is 5.92 Å². The number of benzene rings is 2.